The number of rotatable bonds is 3. The molecule has 2 aliphatic rings. The summed E-state index contributed by atoms with van der Waals surface area (Å²) >= 11 is 0. The van der Waals surface area contributed by atoms with Crippen LogP contribution in [0.15, 0.2) is 24.2 Å². The van der Waals surface area contributed by atoms with Crippen molar-refractivity contribution < 1.29 is 9.53 Å². The van der Waals surface area contributed by atoms with Gasteiger partial charge in [0, 0.05) is 39.1 Å². The molecule has 1 fully saturated rings. The number of hydrogen-bond donors (Lipinski definition) is 0. The van der Waals surface area contributed by atoms with Gasteiger partial charge in [0.05, 0.1) is 24.5 Å². The van der Waals surface area contributed by atoms with Gasteiger partial charge in [0.15, 0.2) is 0 Å². The molecule has 0 bridgehead atoms. The van der Waals surface area contributed by atoms with Crippen LogP contribution < -0.4 is 0 Å². The summed E-state index contributed by atoms with van der Waals surface area (Å²) in [6.07, 6.45) is 7.17. The Morgan fingerprint density at radius 3 is 2.95 bits per heavy atom. The number of aryl methyl sites for hydroxylation is 1. The van der Waals surface area contributed by atoms with Gasteiger partial charge >= 0.3 is 0 Å². The molecule has 0 radical (unpaired) electrons. The van der Waals surface area contributed by atoms with Crippen LogP contribution in [0.25, 0.3) is 0 Å². The zero-order chi connectivity index (χ0) is 15.5. The second-order valence-corrected chi connectivity index (χ2v) is 5.91. The van der Waals surface area contributed by atoms with E-state index in [1.165, 1.54) is 0 Å². The van der Waals surface area contributed by atoms with Crippen molar-refractivity contribution in [2.24, 2.45) is 7.05 Å². The zero-order valence-corrected chi connectivity index (χ0v) is 13.4. The number of carbonyl (C=O) groups excluding carboxylic acids is 1. The third kappa shape index (κ3) is 2.88. The quantitative estimate of drug-likeness (QED) is 0.845. The van der Waals surface area contributed by atoms with Crippen LogP contribution in [-0.4, -0.2) is 58.0 Å². The molecule has 3 heterocycles. The van der Waals surface area contributed by atoms with E-state index in [0.717, 1.165) is 50.5 Å². The normalized spacial score (nSPS) is 23.1. The van der Waals surface area contributed by atoms with E-state index in [9.17, 15) is 4.79 Å². The average Bonchev–Trinajstić information content (AvgIpc) is 3.00. The van der Waals surface area contributed by atoms with Crippen LogP contribution in [0.5, 0.6) is 0 Å². The van der Waals surface area contributed by atoms with Gasteiger partial charge in [-0.1, -0.05) is 6.92 Å². The molecule has 3 rings (SSSR count). The summed E-state index contributed by atoms with van der Waals surface area (Å²) in [7, 11) is 2.01. The lowest BCUT2D eigenvalue weighted by molar-refractivity contribution is -0.130. The van der Waals surface area contributed by atoms with Crippen LogP contribution in [0, 0.1) is 0 Å². The topological polar surface area (TPSA) is 50.6 Å². The summed E-state index contributed by atoms with van der Waals surface area (Å²) in [6.45, 7) is 6.18. The molecule has 2 aliphatic heterocycles. The Bertz CT molecular complexity index is 566. The van der Waals surface area contributed by atoms with Crippen LogP contribution in [0.2, 0.25) is 0 Å². The van der Waals surface area contributed by atoms with E-state index in [4.69, 9.17) is 4.74 Å². The highest BCUT2D eigenvalue weighted by atomic mass is 16.5. The van der Waals surface area contributed by atoms with Crippen molar-refractivity contribution in [1.29, 1.82) is 0 Å². The van der Waals surface area contributed by atoms with Crippen molar-refractivity contribution >= 4 is 5.91 Å². The SMILES string of the molecule is CCN1CCN(C(=O)C2=COCCC2)C[C@@H]1c1nccn1C. The number of imidazole rings is 1. The molecule has 1 aromatic heterocycles. The molecule has 1 amide bonds. The molecule has 6 heteroatoms. The number of hydrogen-bond acceptors (Lipinski definition) is 4. The third-order valence-corrected chi connectivity index (χ3v) is 4.55. The summed E-state index contributed by atoms with van der Waals surface area (Å²) in [5, 5.41) is 0. The Morgan fingerprint density at radius 1 is 1.45 bits per heavy atom. The first-order valence-corrected chi connectivity index (χ1v) is 8.02. The molecule has 6 nitrogen and oxygen atoms in total. The number of amides is 1. The third-order valence-electron chi connectivity index (χ3n) is 4.55. The fourth-order valence-corrected chi connectivity index (χ4v) is 3.25. The minimum absolute atomic E-state index is 0.120. The van der Waals surface area contributed by atoms with Crippen molar-refractivity contribution in [3.63, 3.8) is 0 Å². The van der Waals surface area contributed by atoms with Crippen molar-refractivity contribution in [2.75, 3.05) is 32.8 Å². The van der Waals surface area contributed by atoms with Gasteiger partial charge in [-0.3, -0.25) is 9.69 Å². The van der Waals surface area contributed by atoms with Gasteiger partial charge in [0.2, 0.25) is 0 Å². The van der Waals surface area contributed by atoms with Crippen LogP contribution in [0.4, 0.5) is 0 Å². The Kier molecular flexibility index (Phi) is 4.47. The highest BCUT2D eigenvalue weighted by Crippen LogP contribution is 2.25. The standard InChI is InChI=1S/C16H24N4O2/c1-3-19-8-9-20(16(21)13-5-4-10-22-12-13)11-14(19)15-17-6-7-18(15)2/h6-7,12,14H,3-5,8-11H2,1-2H3/t14-/m1/s1. The molecule has 120 valence electrons. The predicted octanol–water partition coefficient (Wildman–Crippen LogP) is 1.32. The van der Waals surface area contributed by atoms with E-state index in [-0.39, 0.29) is 11.9 Å². The van der Waals surface area contributed by atoms with Gasteiger partial charge in [-0.05, 0) is 19.4 Å². The molecule has 1 atom stereocenters. The first-order valence-electron chi connectivity index (χ1n) is 8.02. The van der Waals surface area contributed by atoms with E-state index < -0.39 is 0 Å². The Morgan fingerprint density at radius 2 is 2.32 bits per heavy atom. The summed E-state index contributed by atoms with van der Waals surface area (Å²) in [5.74, 6) is 1.14. The van der Waals surface area contributed by atoms with E-state index in [1.807, 2.05) is 28.9 Å². The highest BCUT2D eigenvalue weighted by molar-refractivity contribution is 5.93. The lowest BCUT2D eigenvalue weighted by Gasteiger charge is -2.40. The number of ether oxygens (including phenoxy) is 1. The Balaban J connectivity index is 1.77. The Hall–Kier alpha value is -1.82. The molecular formula is C16H24N4O2. The van der Waals surface area contributed by atoms with E-state index in [2.05, 4.69) is 16.8 Å². The van der Waals surface area contributed by atoms with Crippen molar-refractivity contribution in [2.45, 2.75) is 25.8 Å². The van der Waals surface area contributed by atoms with Gasteiger partial charge in [-0.25, -0.2) is 4.98 Å². The van der Waals surface area contributed by atoms with Crippen LogP contribution in [-0.2, 0) is 16.6 Å². The van der Waals surface area contributed by atoms with Crippen LogP contribution in [0.1, 0.15) is 31.6 Å². The van der Waals surface area contributed by atoms with Crippen LogP contribution >= 0.6 is 0 Å². The summed E-state index contributed by atoms with van der Waals surface area (Å²) in [5.41, 5.74) is 0.801. The molecule has 0 aromatic carbocycles. The Labute approximate surface area is 131 Å². The number of aromatic nitrogens is 2. The fraction of sp³-hybridized carbons (Fsp3) is 0.625. The fourth-order valence-electron chi connectivity index (χ4n) is 3.25. The molecule has 0 saturated carbocycles. The van der Waals surface area contributed by atoms with Gasteiger partial charge in [-0.2, -0.15) is 0 Å². The summed E-state index contributed by atoms with van der Waals surface area (Å²) < 4.78 is 7.36. The number of piperazine rings is 1. The molecule has 1 aromatic rings. The average molecular weight is 304 g/mol. The second-order valence-electron chi connectivity index (χ2n) is 5.91. The molecule has 0 N–H and O–H groups in total. The number of carbonyl (C=O) groups is 1. The second kappa shape index (κ2) is 6.52. The maximum atomic E-state index is 12.7. The van der Waals surface area contributed by atoms with E-state index in [1.54, 1.807) is 6.26 Å². The molecule has 0 unspecified atom stereocenters. The molecule has 0 spiro atoms. The predicted molar refractivity (Wildman–Crippen MR) is 83.0 cm³/mol. The first-order chi connectivity index (χ1) is 10.7. The lowest BCUT2D eigenvalue weighted by atomic mass is 10.1. The van der Waals surface area contributed by atoms with E-state index in [0.29, 0.717) is 6.54 Å². The van der Waals surface area contributed by atoms with Crippen molar-refractivity contribution in [3.8, 4) is 0 Å². The lowest BCUT2D eigenvalue weighted by Crippen LogP contribution is -2.51. The van der Waals surface area contributed by atoms with Crippen LogP contribution in [0.3, 0.4) is 0 Å². The van der Waals surface area contributed by atoms with Gasteiger partial charge in [-0.15, -0.1) is 0 Å². The smallest absolute Gasteiger partial charge is 0.252 e. The van der Waals surface area contributed by atoms with Gasteiger partial charge in [0.25, 0.3) is 5.91 Å². The van der Waals surface area contributed by atoms with E-state index >= 15 is 0 Å². The minimum atomic E-state index is 0.120. The maximum absolute atomic E-state index is 12.7. The van der Waals surface area contributed by atoms with Crippen molar-refractivity contribution in [3.05, 3.63) is 30.1 Å². The molecular weight excluding hydrogens is 280 g/mol. The van der Waals surface area contributed by atoms with Gasteiger partial charge < -0.3 is 14.2 Å². The highest BCUT2D eigenvalue weighted by Gasteiger charge is 2.33. The van der Waals surface area contributed by atoms with Gasteiger partial charge in [0.1, 0.15) is 5.82 Å². The summed E-state index contributed by atoms with van der Waals surface area (Å²) in [4.78, 5) is 21.5. The first kappa shape index (κ1) is 15.1. The monoisotopic (exact) mass is 304 g/mol. The molecule has 0 aliphatic carbocycles. The minimum Gasteiger partial charge on any atom is -0.501 e. The molecule has 22 heavy (non-hydrogen) atoms. The maximum Gasteiger partial charge on any atom is 0.252 e. The number of nitrogens with zero attached hydrogens (tertiary/aromatic N) is 4. The largest absolute Gasteiger partial charge is 0.501 e. The number of likely N-dealkylation sites (N-methyl/N-ethyl adjacent to an activating group) is 1. The zero-order valence-electron chi connectivity index (χ0n) is 13.4. The van der Waals surface area contributed by atoms with Crippen molar-refractivity contribution in [1.82, 2.24) is 19.4 Å². The molecule has 1 saturated heterocycles. The summed E-state index contributed by atoms with van der Waals surface area (Å²) in [6, 6.07) is 0.160.